The van der Waals surface area contributed by atoms with Crippen LogP contribution in [-0.2, 0) is 4.79 Å². The number of rotatable bonds is 6. The number of nitrogens with zero attached hydrogens (tertiary/aromatic N) is 2. The molecule has 17 heavy (non-hydrogen) atoms. The molecular formula is C13H24N2O2. The van der Waals surface area contributed by atoms with Crippen LogP contribution in [0.2, 0.25) is 0 Å². The quantitative estimate of drug-likeness (QED) is 0.756. The van der Waals surface area contributed by atoms with E-state index in [0.717, 1.165) is 19.6 Å². The fourth-order valence-corrected chi connectivity index (χ4v) is 2.83. The van der Waals surface area contributed by atoms with Gasteiger partial charge < -0.3 is 14.9 Å². The predicted molar refractivity (Wildman–Crippen MR) is 67.0 cm³/mol. The largest absolute Gasteiger partial charge is 0.481 e. The van der Waals surface area contributed by atoms with Gasteiger partial charge in [0.05, 0.1) is 5.92 Å². The molecule has 0 amide bonds. The first-order valence-corrected chi connectivity index (χ1v) is 6.84. The Balaban J connectivity index is 1.53. The molecule has 0 saturated carbocycles. The fourth-order valence-electron chi connectivity index (χ4n) is 2.83. The second kappa shape index (κ2) is 5.83. The van der Waals surface area contributed by atoms with Crippen molar-refractivity contribution >= 4 is 5.97 Å². The number of aliphatic carboxylic acids is 1. The van der Waals surface area contributed by atoms with Crippen molar-refractivity contribution in [2.45, 2.75) is 26.2 Å². The monoisotopic (exact) mass is 240 g/mol. The summed E-state index contributed by atoms with van der Waals surface area (Å²) in [5, 5.41) is 8.90. The van der Waals surface area contributed by atoms with Crippen LogP contribution in [0.15, 0.2) is 0 Å². The van der Waals surface area contributed by atoms with Gasteiger partial charge in [0.2, 0.25) is 0 Å². The van der Waals surface area contributed by atoms with E-state index in [0.29, 0.717) is 5.92 Å². The van der Waals surface area contributed by atoms with Gasteiger partial charge in [0.25, 0.3) is 0 Å². The summed E-state index contributed by atoms with van der Waals surface area (Å²) in [5.41, 5.74) is 0. The van der Waals surface area contributed by atoms with Crippen molar-refractivity contribution in [3.8, 4) is 0 Å². The minimum absolute atomic E-state index is 0.176. The molecule has 98 valence electrons. The van der Waals surface area contributed by atoms with Crippen molar-refractivity contribution < 1.29 is 9.90 Å². The molecule has 0 bridgehead atoms. The first-order valence-electron chi connectivity index (χ1n) is 6.84. The molecule has 1 atom stereocenters. The molecule has 2 aliphatic heterocycles. The highest BCUT2D eigenvalue weighted by Crippen LogP contribution is 2.24. The van der Waals surface area contributed by atoms with Crippen molar-refractivity contribution in [2.24, 2.45) is 11.8 Å². The zero-order valence-corrected chi connectivity index (χ0v) is 10.8. The van der Waals surface area contributed by atoms with E-state index in [1.165, 1.54) is 38.9 Å². The summed E-state index contributed by atoms with van der Waals surface area (Å²) >= 11 is 0. The molecule has 4 heteroatoms. The maximum absolute atomic E-state index is 10.8. The van der Waals surface area contributed by atoms with Crippen LogP contribution in [0.5, 0.6) is 0 Å². The molecule has 0 aromatic carbocycles. The van der Waals surface area contributed by atoms with Crippen molar-refractivity contribution in [1.29, 1.82) is 0 Å². The summed E-state index contributed by atoms with van der Waals surface area (Å²) in [6.07, 6.45) is 3.96. The molecule has 0 radical (unpaired) electrons. The van der Waals surface area contributed by atoms with Gasteiger partial charge >= 0.3 is 5.97 Å². The Morgan fingerprint density at radius 1 is 1.24 bits per heavy atom. The van der Waals surface area contributed by atoms with E-state index >= 15 is 0 Å². The minimum Gasteiger partial charge on any atom is -0.481 e. The van der Waals surface area contributed by atoms with Gasteiger partial charge in [0.15, 0.2) is 0 Å². The zero-order chi connectivity index (χ0) is 12.3. The van der Waals surface area contributed by atoms with Crippen LogP contribution in [0.25, 0.3) is 0 Å². The van der Waals surface area contributed by atoms with Crippen molar-refractivity contribution in [2.75, 3.05) is 39.3 Å². The van der Waals surface area contributed by atoms with E-state index in [9.17, 15) is 4.79 Å². The summed E-state index contributed by atoms with van der Waals surface area (Å²) in [6.45, 7) is 8.70. The summed E-state index contributed by atoms with van der Waals surface area (Å²) in [5.74, 6) is -0.448. The van der Waals surface area contributed by atoms with Crippen molar-refractivity contribution in [3.63, 3.8) is 0 Å². The maximum Gasteiger partial charge on any atom is 0.306 e. The lowest BCUT2D eigenvalue weighted by molar-refractivity contribution is -0.145. The number of likely N-dealkylation sites (tertiary alicyclic amines) is 2. The van der Waals surface area contributed by atoms with Crippen LogP contribution in [0, 0.1) is 11.8 Å². The van der Waals surface area contributed by atoms with Crippen LogP contribution >= 0.6 is 0 Å². The number of carboxylic acid groups (broad SMARTS) is 1. The molecule has 2 saturated heterocycles. The van der Waals surface area contributed by atoms with E-state index in [-0.39, 0.29) is 5.92 Å². The van der Waals surface area contributed by atoms with Gasteiger partial charge in [-0.25, -0.2) is 0 Å². The molecule has 1 unspecified atom stereocenters. The third kappa shape index (κ3) is 3.42. The van der Waals surface area contributed by atoms with Gasteiger partial charge in [0.1, 0.15) is 0 Å². The summed E-state index contributed by atoms with van der Waals surface area (Å²) in [7, 11) is 0. The molecule has 2 aliphatic rings. The lowest BCUT2D eigenvalue weighted by Crippen LogP contribution is -2.51. The van der Waals surface area contributed by atoms with E-state index in [2.05, 4.69) is 9.80 Å². The third-order valence-electron chi connectivity index (χ3n) is 4.23. The maximum atomic E-state index is 10.8. The average Bonchev–Trinajstić information content (AvgIpc) is 2.73. The molecule has 0 aromatic heterocycles. The van der Waals surface area contributed by atoms with E-state index < -0.39 is 5.97 Å². The molecular weight excluding hydrogens is 216 g/mol. The van der Waals surface area contributed by atoms with E-state index in [1.807, 2.05) is 6.92 Å². The fraction of sp³-hybridized carbons (Fsp3) is 0.923. The zero-order valence-electron chi connectivity index (χ0n) is 10.8. The number of carboxylic acids is 1. The number of hydrogen-bond donors (Lipinski definition) is 1. The normalized spacial score (nSPS) is 24.8. The average molecular weight is 240 g/mol. The molecule has 1 N–H and O–H groups in total. The van der Waals surface area contributed by atoms with Gasteiger partial charge in [-0.2, -0.15) is 0 Å². The second-order valence-corrected chi connectivity index (χ2v) is 5.55. The Morgan fingerprint density at radius 2 is 1.82 bits per heavy atom. The molecule has 4 nitrogen and oxygen atoms in total. The summed E-state index contributed by atoms with van der Waals surface area (Å²) < 4.78 is 0. The van der Waals surface area contributed by atoms with E-state index in [1.54, 1.807) is 0 Å². The Kier molecular flexibility index (Phi) is 4.40. The minimum atomic E-state index is -0.647. The van der Waals surface area contributed by atoms with Gasteiger partial charge in [-0.05, 0) is 51.4 Å². The van der Waals surface area contributed by atoms with Crippen LogP contribution in [0.4, 0.5) is 0 Å². The highest BCUT2D eigenvalue weighted by molar-refractivity contribution is 5.70. The van der Waals surface area contributed by atoms with Gasteiger partial charge in [-0.3, -0.25) is 4.79 Å². The summed E-state index contributed by atoms with van der Waals surface area (Å²) in [6, 6.07) is 0. The second-order valence-electron chi connectivity index (χ2n) is 5.55. The smallest absolute Gasteiger partial charge is 0.306 e. The molecule has 0 aliphatic carbocycles. The Hall–Kier alpha value is -0.610. The van der Waals surface area contributed by atoms with Crippen LogP contribution in [0.1, 0.15) is 26.2 Å². The van der Waals surface area contributed by atoms with Crippen molar-refractivity contribution in [1.82, 2.24) is 9.80 Å². The Labute approximate surface area is 104 Å². The first-order chi connectivity index (χ1) is 8.16. The Bertz CT molecular complexity index is 258. The molecule has 2 heterocycles. The highest BCUT2D eigenvalue weighted by Gasteiger charge is 2.34. The van der Waals surface area contributed by atoms with Gasteiger partial charge in [-0.15, -0.1) is 0 Å². The highest BCUT2D eigenvalue weighted by atomic mass is 16.4. The first kappa shape index (κ1) is 12.8. The lowest BCUT2D eigenvalue weighted by Gasteiger charge is -2.41. The number of hydrogen-bond acceptors (Lipinski definition) is 3. The van der Waals surface area contributed by atoms with Crippen LogP contribution < -0.4 is 0 Å². The molecule has 0 aromatic rings. The van der Waals surface area contributed by atoms with Gasteiger partial charge in [0, 0.05) is 13.1 Å². The third-order valence-corrected chi connectivity index (χ3v) is 4.23. The van der Waals surface area contributed by atoms with E-state index in [4.69, 9.17) is 5.11 Å². The number of carbonyl (C=O) groups is 1. The van der Waals surface area contributed by atoms with Crippen molar-refractivity contribution in [3.05, 3.63) is 0 Å². The Morgan fingerprint density at radius 3 is 2.41 bits per heavy atom. The van der Waals surface area contributed by atoms with Crippen LogP contribution in [0.3, 0.4) is 0 Å². The van der Waals surface area contributed by atoms with Gasteiger partial charge in [-0.1, -0.05) is 6.92 Å². The predicted octanol–water partition coefficient (Wildman–Crippen LogP) is 1.12. The topological polar surface area (TPSA) is 43.8 Å². The molecule has 2 fully saturated rings. The standard InChI is InChI=1S/C13H24N2O2/c1-11(13(16)17)12-9-15(10-12)8-4-7-14-5-2-3-6-14/h11-12H,2-10H2,1H3,(H,16,17). The summed E-state index contributed by atoms with van der Waals surface area (Å²) in [4.78, 5) is 15.7. The van der Waals surface area contributed by atoms with Crippen LogP contribution in [-0.4, -0.2) is 60.1 Å². The lowest BCUT2D eigenvalue weighted by atomic mass is 9.87. The SMILES string of the molecule is CC(C(=O)O)C1CN(CCCN2CCCC2)C1. The molecule has 0 spiro atoms. The molecule has 2 rings (SSSR count).